The monoisotopic (exact) mass is 472 g/mol. The zero-order valence-corrected chi connectivity index (χ0v) is 20.5. The molecule has 2 N–H and O–H groups in total. The number of ketones is 1. The quantitative estimate of drug-likeness (QED) is 0.414. The molecule has 3 aromatic rings. The van der Waals surface area contributed by atoms with Gasteiger partial charge in [0.25, 0.3) is 0 Å². The third-order valence-electron chi connectivity index (χ3n) is 6.53. The van der Waals surface area contributed by atoms with Gasteiger partial charge in [0.05, 0.1) is 22.4 Å². The molecule has 2 aliphatic rings. The van der Waals surface area contributed by atoms with Crippen LogP contribution < -0.4 is 15.4 Å². The maximum absolute atomic E-state index is 13.4. The first-order chi connectivity index (χ1) is 16.3. The Bertz CT molecular complexity index is 1280. The van der Waals surface area contributed by atoms with Crippen molar-refractivity contribution in [3.63, 3.8) is 0 Å². The number of carbonyl (C=O) groups is 1. The van der Waals surface area contributed by atoms with Crippen LogP contribution in [0.25, 0.3) is 0 Å². The van der Waals surface area contributed by atoms with Crippen LogP contribution >= 0.6 is 11.6 Å². The Morgan fingerprint density at radius 3 is 2.47 bits per heavy atom. The molecule has 0 aromatic heterocycles. The van der Waals surface area contributed by atoms with Crippen molar-refractivity contribution < 1.29 is 9.53 Å². The number of anilines is 2. The lowest BCUT2D eigenvalue weighted by Gasteiger charge is -2.34. The van der Waals surface area contributed by atoms with Crippen molar-refractivity contribution in [1.82, 2.24) is 0 Å². The molecule has 174 valence electrons. The Kier molecular flexibility index (Phi) is 5.86. The van der Waals surface area contributed by atoms with Gasteiger partial charge < -0.3 is 15.4 Å². The fourth-order valence-corrected chi connectivity index (χ4v) is 5.04. The Morgan fingerprint density at radius 1 is 1.00 bits per heavy atom. The number of hydrogen-bond acceptors (Lipinski definition) is 4. The highest BCUT2D eigenvalue weighted by molar-refractivity contribution is 6.32. The highest BCUT2D eigenvalue weighted by Gasteiger charge is 2.38. The number of rotatable bonds is 4. The third kappa shape index (κ3) is 4.55. The Hall–Kier alpha value is -3.24. The third-order valence-corrected chi connectivity index (χ3v) is 6.82. The van der Waals surface area contributed by atoms with Crippen molar-refractivity contribution in [2.75, 3.05) is 10.6 Å². The second-order valence-corrected chi connectivity index (χ2v) is 10.5. The van der Waals surface area contributed by atoms with E-state index in [1.54, 1.807) is 0 Å². The SMILES string of the molecule is Cc1ccc(COc2ccc([C@@H]3Nc4ccccc4NC4=C3C(=O)CC(C)(C)C4)cc2Cl)cc1. The van der Waals surface area contributed by atoms with E-state index in [0.29, 0.717) is 23.8 Å². The maximum Gasteiger partial charge on any atom is 0.163 e. The van der Waals surface area contributed by atoms with E-state index < -0.39 is 0 Å². The van der Waals surface area contributed by atoms with Gasteiger partial charge in [0.15, 0.2) is 5.78 Å². The highest BCUT2D eigenvalue weighted by Crippen LogP contribution is 2.46. The molecule has 1 atom stereocenters. The summed E-state index contributed by atoms with van der Waals surface area (Å²) in [6, 6.07) is 21.8. The van der Waals surface area contributed by atoms with Crippen LogP contribution in [0.15, 0.2) is 78.0 Å². The Balaban J connectivity index is 1.47. The van der Waals surface area contributed by atoms with Crippen molar-refractivity contribution in [3.05, 3.63) is 99.7 Å². The van der Waals surface area contributed by atoms with Crippen LogP contribution in [-0.4, -0.2) is 5.78 Å². The summed E-state index contributed by atoms with van der Waals surface area (Å²) in [6.07, 6.45) is 1.33. The van der Waals surface area contributed by atoms with Crippen LogP contribution in [0.2, 0.25) is 5.02 Å². The number of para-hydroxylation sites is 2. The van der Waals surface area contributed by atoms with E-state index in [2.05, 4.69) is 55.7 Å². The minimum atomic E-state index is -0.293. The van der Waals surface area contributed by atoms with E-state index in [4.69, 9.17) is 16.3 Å². The molecule has 1 aliphatic carbocycles. The summed E-state index contributed by atoms with van der Waals surface area (Å²) in [5, 5.41) is 7.69. The highest BCUT2D eigenvalue weighted by atomic mass is 35.5. The van der Waals surface area contributed by atoms with E-state index in [0.717, 1.165) is 40.2 Å². The molecule has 0 amide bonds. The first-order valence-electron chi connectivity index (χ1n) is 11.7. The van der Waals surface area contributed by atoms with E-state index in [9.17, 15) is 4.79 Å². The van der Waals surface area contributed by atoms with Crippen molar-refractivity contribution in [2.24, 2.45) is 5.41 Å². The number of aryl methyl sites for hydroxylation is 1. The lowest BCUT2D eigenvalue weighted by molar-refractivity contribution is -0.118. The lowest BCUT2D eigenvalue weighted by Crippen LogP contribution is -2.31. The summed E-state index contributed by atoms with van der Waals surface area (Å²) >= 11 is 6.67. The zero-order valence-electron chi connectivity index (χ0n) is 19.7. The predicted molar refractivity (Wildman–Crippen MR) is 138 cm³/mol. The lowest BCUT2D eigenvalue weighted by atomic mass is 9.73. The fraction of sp³-hybridized carbons (Fsp3) is 0.276. The smallest absolute Gasteiger partial charge is 0.163 e. The summed E-state index contributed by atoms with van der Waals surface area (Å²) in [5.74, 6) is 0.795. The molecule has 0 fully saturated rings. The van der Waals surface area contributed by atoms with Gasteiger partial charge in [-0.3, -0.25) is 4.79 Å². The first kappa shape index (κ1) is 22.5. The number of halogens is 1. The van der Waals surface area contributed by atoms with Crippen molar-refractivity contribution >= 4 is 28.8 Å². The van der Waals surface area contributed by atoms with Gasteiger partial charge in [-0.2, -0.15) is 0 Å². The van der Waals surface area contributed by atoms with Crippen LogP contribution in [0.4, 0.5) is 11.4 Å². The van der Waals surface area contributed by atoms with E-state index >= 15 is 0 Å². The predicted octanol–water partition coefficient (Wildman–Crippen LogP) is 7.45. The van der Waals surface area contributed by atoms with E-state index in [1.807, 2.05) is 42.5 Å². The minimum absolute atomic E-state index is 0.0852. The second kappa shape index (κ2) is 8.84. The molecule has 5 rings (SSSR count). The molecule has 0 spiro atoms. The number of benzene rings is 3. The summed E-state index contributed by atoms with van der Waals surface area (Å²) in [6.45, 7) is 6.80. The van der Waals surface area contributed by atoms with Crippen LogP contribution in [-0.2, 0) is 11.4 Å². The van der Waals surface area contributed by atoms with Gasteiger partial charge in [0.2, 0.25) is 0 Å². The zero-order chi connectivity index (χ0) is 23.9. The van der Waals surface area contributed by atoms with Gasteiger partial charge in [-0.05, 0) is 54.2 Å². The number of allylic oxidation sites excluding steroid dienone is 1. The van der Waals surface area contributed by atoms with Crippen molar-refractivity contribution in [3.8, 4) is 5.75 Å². The Labute approximate surface area is 206 Å². The minimum Gasteiger partial charge on any atom is -0.487 e. The molecule has 0 bridgehead atoms. The van der Waals surface area contributed by atoms with Crippen LogP contribution in [0.1, 0.15) is 49.4 Å². The molecule has 5 heteroatoms. The van der Waals surface area contributed by atoms with Gasteiger partial charge in [0.1, 0.15) is 12.4 Å². The average Bonchev–Trinajstić information content (AvgIpc) is 2.95. The molecule has 1 heterocycles. The summed E-state index contributed by atoms with van der Waals surface area (Å²) in [4.78, 5) is 13.4. The van der Waals surface area contributed by atoms with E-state index in [-0.39, 0.29) is 17.2 Å². The molecule has 3 aromatic carbocycles. The summed E-state index contributed by atoms with van der Waals surface area (Å²) in [5.41, 5.74) is 6.87. The molecule has 0 saturated heterocycles. The number of ether oxygens (including phenoxy) is 1. The molecule has 1 aliphatic heterocycles. The topological polar surface area (TPSA) is 50.4 Å². The number of fused-ring (bicyclic) bond motifs is 1. The second-order valence-electron chi connectivity index (χ2n) is 10.0. The van der Waals surface area contributed by atoms with Crippen LogP contribution in [0, 0.1) is 12.3 Å². The molecule has 0 unspecified atom stereocenters. The molecule has 34 heavy (non-hydrogen) atoms. The van der Waals surface area contributed by atoms with Gasteiger partial charge >= 0.3 is 0 Å². The number of hydrogen-bond donors (Lipinski definition) is 2. The van der Waals surface area contributed by atoms with Gasteiger partial charge in [0, 0.05) is 17.7 Å². The van der Waals surface area contributed by atoms with Gasteiger partial charge in [-0.25, -0.2) is 0 Å². The molecule has 0 saturated carbocycles. The van der Waals surface area contributed by atoms with Crippen molar-refractivity contribution in [2.45, 2.75) is 46.3 Å². The van der Waals surface area contributed by atoms with Crippen LogP contribution in [0.3, 0.4) is 0 Å². The normalized spacial score (nSPS) is 18.8. The van der Waals surface area contributed by atoms with E-state index in [1.165, 1.54) is 5.56 Å². The maximum atomic E-state index is 13.4. The average molecular weight is 473 g/mol. The number of Topliss-reactive ketones (excluding diaryl/α,β-unsaturated/α-hetero) is 1. The Morgan fingerprint density at radius 2 is 1.74 bits per heavy atom. The molecular weight excluding hydrogens is 444 g/mol. The summed E-state index contributed by atoms with van der Waals surface area (Å²) in [7, 11) is 0. The first-order valence-corrected chi connectivity index (χ1v) is 12.0. The van der Waals surface area contributed by atoms with Gasteiger partial charge in [-0.1, -0.05) is 73.5 Å². The molecular formula is C29H29ClN2O2. The standard InChI is InChI=1S/C29H29ClN2O2/c1-18-8-10-19(11-9-18)17-34-26-13-12-20(14-21(26)30)28-27-24(15-29(2,3)16-25(27)33)31-22-6-4-5-7-23(22)32-28/h4-14,28,31-32H,15-17H2,1-3H3/t28-/m0/s1. The largest absolute Gasteiger partial charge is 0.487 e. The fourth-order valence-electron chi connectivity index (χ4n) is 4.80. The molecule has 0 radical (unpaired) electrons. The molecule has 4 nitrogen and oxygen atoms in total. The number of carbonyl (C=O) groups excluding carboxylic acids is 1. The van der Waals surface area contributed by atoms with Crippen LogP contribution in [0.5, 0.6) is 5.75 Å². The van der Waals surface area contributed by atoms with Gasteiger partial charge in [-0.15, -0.1) is 0 Å². The number of nitrogens with one attached hydrogen (secondary N) is 2. The summed E-state index contributed by atoms with van der Waals surface area (Å²) < 4.78 is 6.00. The van der Waals surface area contributed by atoms with Crippen molar-refractivity contribution in [1.29, 1.82) is 0 Å².